The SMILES string of the molecule is CCn1nccc1-c1cn(-c2cc(N)ccn2)nn1.O=C(O)C(F)(F)F. The molecule has 0 aliphatic carbocycles. The number of hydrogen-bond donors (Lipinski definition) is 2. The lowest BCUT2D eigenvalue weighted by atomic mass is 10.3. The van der Waals surface area contributed by atoms with Crippen molar-refractivity contribution < 1.29 is 23.1 Å². The number of nitrogens with zero attached hydrogens (tertiary/aromatic N) is 6. The number of carboxylic acids is 1. The summed E-state index contributed by atoms with van der Waals surface area (Å²) in [6.45, 7) is 2.81. The van der Waals surface area contributed by atoms with Crippen molar-refractivity contribution in [1.29, 1.82) is 0 Å². The largest absolute Gasteiger partial charge is 0.490 e. The second-order valence-electron chi connectivity index (χ2n) is 4.83. The first-order valence-electron chi connectivity index (χ1n) is 7.19. The molecule has 3 heterocycles. The molecule has 0 atom stereocenters. The number of aromatic nitrogens is 6. The van der Waals surface area contributed by atoms with Gasteiger partial charge in [-0.05, 0) is 19.1 Å². The van der Waals surface area contributed by atoms with Gasteiger partial charge in [0, 0.05) is 30.7 Å². The normalized spacial score (nSPS) is 10.9. The average Bonchev–Trinajstić information content (AvgIpc) is 3.23. The molecule has 0 radical (unpaired) electrons. The van der Waals surface area contributed by atoms with Gasteiger partial charge in [-0.1, -0.05) is 5.21 Å². The number of hydrogen-bond acceptors (Lipinski definition) is 6. The summed E-state index contributed by atoms with van der Waals surface area (Å²) in [7, 11) is 0. The smallest absolute Gasteiger partial charge is 0.475 e. The molecule has 0 aliphatic heterocycles. The molecule has 0 spiro atoms. The zero-order valence-corrected chi connectivity index (χ0v) is 13.4. The molecule has 3 aromatic rings. The van der Waals surface area contributed by atoms with E-state index in [1.807, 2.05) is 23.9 Å². The van der Waals surface area contributed by atoms with Crippen LogP contribution in [0.2, 0.25) is 0 Å². The van der Waals surface area contributed by atoms with Crippen LogP contribution in [-0.4, -0.2) is 47.0 Å². The van der Waals surface area contributed by atoms with Crippen LogP contribution >= 0.6 is 0 Å². The van der Waals surface area contributed by atoms with E-state index in [4.69, 9.17) is 15.6 Å². The number of halogens is 3. The third-order valence-corrected chi connectivity index (χ3v) is 3.02. The molecule has 138 valence electrons. The van der Waals surface area contributed by atoms with Gasteiger partial charge in [0.1, 0.15) is 5.69 Å². The Hall–Kier alpha value is -3.44. The van der Waals surface area contributed by atoms with Crippen LogP contribution in [-0.2, 0) is 11.3 Å². The van der Waals surface area contributed by atoms with E-state index in [1.165, 1.54) is 0 Å². The van der Waals surface area contributed by atoms with Crippen LogP contribution in [0.15, 0.2) is 36.8 Å². The molecular formula is C14H14F3N7O2. The van der Waals surface area contributed by atoms with E-state index in [9.17, 15) is 13.2 Å². The highest BCUT2D eigenvalue weighted by molar-refractivity contribution is 5.73. The van der Waals surface area contributed by atoms with E-state index in [0.29, 0.717) is 11.5 Å². The summed E-state index contributed by atoms with van der Waals surface area (Å²) in [6.07, 6.45) is 0.115. The van der Waals surface area contributed by atoms with Crippen LogP contribution in [0.5, 0.6) is 0 Å². The van der Waals surface area contributed by atoms with Gasteiger partial charge >= 0.3 is 12.1 Å². The van der Waals surface area contributed by atoms with Gasteiger partial charge in [-0.2, -0.15) is 18.3 Å². The van der Waals surface area contributed by atoms with Gasteiger partial charge in [-0.15, -0.1) is 5.10 Å². The van der Waals surface area contributed by atoms with Crippen LogP contribution in [0.4, 0.5) is 18.9 Å². The zero-order chi connectivity index (χ0) is 19.3. The highest BCUT2D eigenvalue weighted by Gasteiger charge is 2.38. The van der Waals surface area contributed by atoms with Gasteiger partial charge < -0.3 is 10.8 Å². The Morgan fingerprint density at radius 2 is 2.00 bits per heavy atom. The maximum Gasteiger partial charge on any atom is 0.490 e. The summed E-state index contributed by atoms with van der Waals surface area (Å²) in [6, 6.07) is 5.38. The standard InChI is InChI=1S/C12H13N7.C2HF3O2/c1-2-18-11(4-6-15-18)10-8-19(17-16-10)12-7-9(13)3-5-14-12;3-2(4,5)1(6)7/h3-8H,2H2,1H3,(H2,13,14);(H,6,7). The van der Waals surface area contributed by atoms with Gasteiger partial charge in [0.2, 0.25) is 0 Å². The Bertz CT molecular complexity index is 889. The fourth-order valence-corrected chi connectivity index (χ4v) is 1.85. The molecule has 0 saturated carbocycles. The van der Waals surface area contributed by atoms with Crippen molar-refractivity contribution in [1.82, 2.24) is 29.8 Å². The van der Waals surface area contributed by atoms with Crippen LogP contribution in [0.25, 0.3) is 17.2 Å². The third-order valence-electron chi connectivity index (χ3n) is 3.02. The highest BCUT2D eigenvalue weighted by Crippen LogP contribution is 2.17. The Balaban J connectivity index is 0.000000298. The molecule has 0 saturated heterocycles. The van der Waals surface area contributed by atoms with Crippen molar-refractivity contribution >= 4 is 11.7 Å². The molecular weight excluding hydrogens is 355 g/mol. The Morgan fingerprint density at radius 1 is 1.31 bits per heavy atom. The molecule has 0 bridgehead atoms. The summed E-state index contributed by atoms with van der Waals surface area (Å²) in [5, 5.41) is 19.5. The van der Waals surface area contributed by atoms with Crippen LogP contribution < -0.4 is 5.73 Å². The topological polar surface area (TPSA) is 125 Å². The van der Waals surface area contributed by atoms with E-state index >= 15 is 0 Å². The number of carboxylic acid groups (broad SMARTS) is 1. The first kappa shape index (κ1) is 18.9. The molecule has 0 amide bonds. The number of aryl methyl sites for hydroxylation is 1. The lowest BCUT2D eigenvalue weighted by molar-refractivity contribution is -0.192. The molecule has 3 rings (SSSR count). The van der Waals surface area contributed by atoms with Crippen molar-refractivity contribution in [3.8, 4) is 17.2 Å². The van der Waals surface area contributed by atoms with Gasteiger partial charge in [-0.3, -0.25) is 4.68 Å². The Kier molecular flexibility index (Phi) is 5.54. The van der Waals surface area contributed by atoms with Crippen molar-refractivity contribution in [3.05, 3.63) is 36.8 Å². The minimum Gasteiger partial charge on any atom is -0.475 e. The molecule has 9 nitrogen and oxygen atoms in total. The number of rotatable bonds is 3. The van der Waals surface area contributed by atoms with Crippen molar-refractivity contribution in [2.24, 2.45) is 0 Å². The molecule has 3 aromatic heterocycles. The minimum absolute atomic E-state index is 0.639. The van der Waals surface area contributed by atoms with Gasteiger partial charge in [0.15, 0.2) is 5.82 Å². The van der Waals surface area contributed by atoms with E-state index in [1.54, 1.807) is 29.2 Å². The summed E-state index contributed by atoms with van der Waals surface area (Å²) >= 11 is 0. The van der Waals surface area contributed by atoms with Gasteiger partial charge in [-0.25, -0.2) is 14.5 Å². The van der Waals surface area contributed by atoms with E-state index in [-0.39, 0.29) is 0 Å². The maximum atomic E-state index is 10.6. The molecule has 3 N–H and O–H groups in total. The fourth-order valence-electron chi connectivity index (χ4n) is 1.85. The van der Waals surface area contributed by atoms with Crippen molar-refractivity contribution in [2.75, 3.05) is 5.73 Å². The maximum absolute atomic E-state index is 10.6. The molecule has 0 aromatic carbocycles. The van der Waals surface area contributed by atoms with E-state index in [2.05, 4.69) is 20.4 Å². The number of aliphatic carboxylic acids is 1. The quantitative estimate of drug-likeness (QED) is 0.721. The minimum atomic E-state index is -5.08. The van der Waals surface area contributed by atoms with Crippen LogP contribution in [0.3, 0.4) is 0 Å². The molecule has 26 heavy (non-hydrogen) atoms. The predicted octanol–water partition coefficient (Wildman–Crippen LogP) is 1.76. The van der Waals surface area contributed by atoms with Crippen LogP contribution in [0.1, 0.15) is 6.92 Å². The van der Waals surface area contributed by atoms with Crippen molar-refractivity contribution in [3.63, 3.8) is 0 Å². The molecule has 0 fully saturated rings. The summed E-state index contributed by atoms with van der Waals surface area (Å²) in [5.41, 5.74) is 8.05. The first-order valence-corrected chi connectivity index (χ1v) is 7.19. The summed E-state index contributed by atoms with van der Waals surface area (Å²) in [4.78, 5) is 13.1. The lowest BCUT2D eigenvalue weighted by Crippen LogP contribution is -2.21. The van der Waals surface area contributed by atoms with E-state index in [0.717, 1.165) is 17.9 Å². The third kappa shape index (κ3) is 4.55. The van der Waals surface area contributed by atoms with Gasteiger partial charge in [0.05, 0.1) is 11.9 Å². The monoisotopic (exact) mass is 369 g/mol. The Morgan fingerprint density at radius 3 is 2.58 bits per heavy atom. The molecule has 0 unspecified atom stereocenters. The number of anilines is 1. The highest BCUT2D eigenvalue weighted by atomic mass is 19.4. The van der Waals surface area contributed by atoms with Crippen LogP contribution in [0, 0.1) is 0 Å². The predicted molar refractivity (Wildman–Crippen MR) is 84.2 cm³/mol. The first-order chi connectivity index (χ1) is 12.2. The zero-order valence-electron chi connectivity index (χ0n) is 13.4. The Labute approximate surface area is 144 Å². The number of alkyl halides is 3. The second-order valence-corrected chi connectivity index (χ2v) is 4.83. The average molecular weight is 369 g/mol. The van der Waals surface area contributed by atoms with Gasteiger partial charge in [0.25, 0.3) is 0 Å². The summed E-state index contributed by atoms with van der Waals surface area (Å²) < 4.78 is 35.2. The fraction of sp³-hybridized carbons (Fsp3) is 0.214. The number of pyridine rings is 1. The second kappa shape index (κ2) is 7.63. The summed E-state index contributed by atoms with van der Waals surface area (Å²) in [5.74, 6) is -2.12. The lowest BCUT2D eigenvalue weighted by Gasteiger charge is -2.00. The number of nitrogens with two attached hydrogens (primary N) is 1. The molecule has 0 aliphatic rings. The molecule has 12 heteroatoms. The van der Waals surface area contributed by atoms with Crippen molar-refractivity contribution in [2.45, 2.75) is 19.6 Å². The van der Waals surface area contributed by atoms with E-state index < -0.39 is 12.1 Å². The number of nitrogen functional groups attached to an aromatic ring is 1. The number of carbonyl (C=O) groups is 1.